The first kappa shape index (κ1) is 18.9. The van der Waals surface area contributed by atoms with Crippen molar-refractivity contribution >= 4 is 17.5 Å². The zero-order valence-corrected chi connectivity index (χ0v) is 15.2. The molecule has 3 rings (SSSR count). The van der Waals surface area contributed by atoms with Crippen LogP contribution in [0.4, 0.5) is 5.69 Å². The van der Waals surface area contributed by atoms with Crippen molar-refractivity contribution < 1.29 is 14.3 Å². The molecule has 7 nitrogen and oxygen atoms in total. The molecule has 142 valence electrons. The minimum Gasteiger partial charge on any atom is -0.483 e. The second kappa shape index (κ2) is 8.22. The van der Waals surface area contributed by atoms with Crippen LogP contribution in [0.5, 0.6) is 5.75 Å². The Kier molecular flexibility index (Phi) is 5.55. The van der Waals surface area contributed by atoms with Crippen LogP contribution in [0.25, 0.3) is 0 Å². The number of anilines is 1. The topological polar surface area (TPSA) is 103 Å². The number of nitrogens with zero attached hydrogens (tertiary/aromatic N) is 1. The molecule has 0 radical (unpaired) electrons. The summed E-state index contributed by atoms with van der Waals surface area (Å²) in [5, 5.41) is 2.68. The standard InChI is InChI=1S/C21H19N3O4/c1-24-12-19(28-13-14-5-3-2-4-6-14)18(25)11-17(24)21(27)23-16-9-7-15(8-10-16)20(22)26/h2-12H,13H2,1H3,(H2,22,26)(H,23,27). The summed E-state index contributed by atoms with van der Waals surface area (Å²) in [6, 6.07) is 16.9. The summed E-state index contributed by atoms with van der Waals surface area (Å²) < 4.78 is 7.11. The van der Waals surface area contributed by atoms with Crippen molar-refractivity contribution in [2.75, 3.05) is 5.32 Å². The summed E-state index contributed by atoms with van der Waals surface area (Å²) >= 11 is 0. The fraction of sp³-hybridized carbons (Fsp3) is 0.0952. The van der Waals surface area contributed by atoms with E-state index in [1.165, 1.54) is 29.0 Å². The van der Waals surface area contributed by atoms with Gasteiger partial charge in [0.15, 0.2) is 5.75 Å². The number of nitrogens with one attached hydrogen (secondary N) is 1. The fourth-order valence-electron chi connectivity index (χ4n) is 2.59. The van der Waals surface area contributed by atoms with E-state index in [0.717, 1.165) is 5.56 Å². The Morgan fingerprint density at radius 3 is 2.39 bits per heavy atom. The van der Waals surface area contributed by atoms with E-state index >= 15 is 0 Å². The highest BCUT2D eigenvalue weighted by molar-refractivity contribution is 6.03. The Bertz CT molecular complexity index is 1060. The molecule has 3 N–H and O–H groups in total. The van der Waals surface area contributed by atoms with Gasteiger partial charge in [0.1, 0.15) is 12.3 Å². The number of rotatable bonds is 6. The van der Waals surface area contributed by atoms with Gasteiger partial charge in [-0.25, -0.2) is 0 Å². The quantitative estimate of drug-likeness (QED) is 0.688. The number of benzene rings is 2. The van der Waals surface area contributed by atoms with Gasteiger partial charge in [0.25, 0.3) is 5.91 Å². The molecule has 7 heteroatoms. The Morgan fingerprint density at radius 2 is 1.75 bits per heavy atom. The maximum atomic E-state index is 12.5. The SMILES string of the molecule is Cn1cc(OCc2ccccc2)c(=O)cc1C(=O)Nc1ccc(C(N)=O)cc1. The van der Waals surface area contributed by atoms with Crippen LogP contribution in [-0.2, 0) is 13.7 Å². The maximum absolute atomic E-state index is 12.5. The van der Waals surface area contributed by atoms with Crippen LogP contribution in [0.1, 0.15) is 26.4 Å². The van der Waals surface area contributed by atoms with Crippen LogP contribution in [0, 0.1) is 0 Å². The minimum absolute atomic E-state index is 0.161. The number of pyridine rings is 1. The predicted octanol–water partition coefficient (Wildman–Crippen LogP) is 2.32. The molecule has 28 heavy (non-hydrogen) atoms. The molecule has 0 bridgehead atoms. The number of primary amides is 1. The van der Waals surface area contributed by atoms with Gasteiger partial charge in [0.05, 0.1) is 6.20 Å². The minimum atomic E-state index is -0.550. The molecule has 0 saturated carbocycles. The number of aryl methyl sites for hydroxylation is 1. The van der Waals surface area contributed by atoms with Crippen molar-refractivity contribution in [1.29, 1.82) is 0 Å². The zero-order chi connectivity index (χ0) is 20.1. The van der Waals surface area contributed by atoms with E-state index in [4.69, 9.17) is 10.5 Å². The maximum Gasteiger partial charge on any atom is 0.272 e. The molecule has 0 atom stereocenters. The summed E-state index contributed by atoms with van der Waals surface area (Å²) in [4.78, 5) is 35.9. The average molecular weight is 377 g/mol. The third kappa shape index (κ3) is 4.45. The van der Waals surface area contributed by atoms with Gasteiger partial charge in [-0.05, 0) is 29.8 Å². The molecule has 0 spiro atoms. The molecule has 2 aromatic carbocycles. The molecule has 0 aliphatic rings. The molecule has 0 aliphatic heterocycles. The first-order valence-corrected chi connectivity index (χ1v) is 8.52. The van der Waals surface area contributed by atoms with Crippen LogP contribution in [0.15, 0.2) is 71.7 Å². The van der Waals surface area contributed by atoms with Gasteiger partial charge in [0.2, 0.25) is 11.3 Å². The zero-order valence-electron chi connectivity index (χ0n) is 15.2. The van der Waals surface area contributed by atoms with E-state index in [0.29, 0.717) is 11.3 Å². The molecular formula is C21H19N3O4. The van der Waals surface area contributed by atoms with Crippen LogP contribution in [-0.4, -0.2) is 16.4 Å². The summed E-state index contributed by atoms with van der Waals surface area (Å²) in [7, 11) is 1.65. The molecule has 1 heterocycles. The molecule has 0 unspecified atom stereocenters. The monoisotopic (exact) mass is 377 g/mol. The van der Waals surface area contributed by atoms with Crippen LogP contribution in [0.3, 0.4) is 0 Å². The second-order valence-corrected chi connectivity index (χ2v) is 6.17. The molecule has 2 amide bonds. The number of carbonyl (C=O) groups excluding carboxylic acids is 2. The van der Waals surface area contributed by atoms with E-state index in [1.807, 2.05) is 30.3 Å². The number of aromatic nitrogens is 1. The van der Waals surface area contributed by atoms with E-state index in [-0.39, 0.29) is 23.5 Å². The van der Waals surface area contributed by atoms with Crippen molar-refractivity contribution in [2.24, 2.45) is 12.8 Å². The fourth-order valence-corrected chi connectivity index (χ4v) is 2.59. The highest BCUT2D eigenvalue weighted by Gasteiger charge is 2.13. The van der Waals surface area contributed by atoms with Crippen molar-refractivity contribution in [3.05, 3.63) is 93.9 Å². The molecule has 1 aromatic heterocycles. The van der Waals surface area contributed by atoms with Gasteiger partial charge < -0.3 is 20.4 Å². The normalized spacial score (nSPS) is 10.3. The lowest BCUT2D eigenvalue weighted by Crippen LogP contribution is -2.21. The average Bonchev–Trinajstić information content (AvgIpc) is 2.69. The van der Waals surface area contributed by atoms with Gasteiger partial charge >= 0.3 is 0 Å². The highest BCUT2D eigenvalue weighted by Crippen LogP contribution is 2.13. The Hall–Kier alpha value is -3.87. The number of ether oxygens (including phenoxy) is 1. The summed E-state index contributed by atoms with van der Waals surface area (Å²) in [5.74, 6) is -0.846. The van der Waals surface area contributed by atoms with Gasteiger partial charge in [0, 0.05) is 24.4 Å². The summed E-state index contributed by atoms with van der Waals surface area (Å²) in [6.07, 6.45) is 1.48. The highest BCUT2D eigenvalue weighted by atomic mass is 16.5. The van der Waals surface area contributed by atoms with Crippen LogP contribution >= 0.6 is 0 Å². The van der Waals surface area contributed by atoms with Crippen molar-refractivity contribution in [3.63, 3.8) is 0 Å². The van der Waals surface area contributed by atoms with E-state index in [2.05, 4.69) is 5.32 Å². The third-order valence-corrected chi connectivity index (χ3v) is 4.10. The molecular weight excluding hydrogens is 358 g/mol. The van der Waals surface area contributed by atoms with Gasteiger partial charge in [-0.3, -0.25) is 14.4 Å². The Morgan fingerprint density at radius 1 is 1.07 bits per heavy atom. The van der Waals surface area contributed by atoms with Gasteiger partial charge in [-0.15, -0.1) is 0 Å². The van der Waals surface area contributed by atoms with Crippen LogP contribution in [0.2, 0.25) is 0 Å². The molecule has 3 aromatic rings. The largest absolute Gasteiger partial charge is 0.483 e. The Labute approximate surface area is 161 Å². The summed E-state index contributed by atoms with van der Waals surface area (Å²) in [6.45, 7) is 0.258. The predicted molar refractivity (Wildman–Crippen MR) is 105 cm³/mol. The first-order chi connectivity index (χ1) is 13.4. The van der Waals surface area contributed by atoms with Crippen molar-refractivity contribution in [1.82, 2.24) is 4.57 Å². The number of nitrogens with two attached hydrogens (primary N) is 1. The van der Waals surface area contributed by atoms with E-state index < -0.39 is 11.8 Å². The third-order valence-electron chi connectivity index (χ3n) is 4.10. The van der Waals surface area contributed by atoms with Crippen molar-refractivity contribution in [2.45, 2.75) is 6.61 Å². The first-order valence-electron chi connectivity index (χ1n) is 8.52. The lowest BCUT2D eigenvalue weighted by Gasteiger charge is -2.12. The lowest BCUT2D eigenvalue weighted by atomic mass is 10.2. The Balaban J connectivity index is 1.73. The van der Waals surface area contributed by atoms with Crippen molar-refractivity contribution in [3.8, 4) is 5.75 Å². The summed E-state index contributed by atoms with van der Waals surface area (Å²) in [5.41, 5.74) is 6.74. The smallest absolute Gasteiger partial charge is 0.272 e. The number of carbonyl (C=O) groups is 2. The molecule has 0 aliphatic carbocycles. The van der Waals surface area contributed by atoms with E-state index in [9.17, 15) is 14.4 Å². The number of hydrogen-bond donors (Lipinski definition) is 2. The van der Waals surface area contributed by atoms with E-state index in [1.54, 1.807) is 19.2 Å². The van der Waals surface area contributed by atoms with Gasteiger partial charge in [-0.1, -0.05) is 30.3 Å². The number of hydrogen-bond acceptors (Lipinski definition) is 4. The lowest BCUT2D eigenvalue weighted by molar-refractivity contribution is 0.0997. The van der Waals surface area contributed by atoms with Gasteiger partial charge in [-0.2, -0.15) is 0 Å². The molecule has 0 fully saturated rings. The second-order valence-electron chi connectivity index (χ2n) is 6.17. The van der Waals surface area contributed by atoms with Crippen LogP contribution < -0.4 is 21.2 Å². The number of amides is 2. The molecule has 0 saturated heterocycles.